The van der Waals surface area contributed by atoms with Crippen LogP contribution in [0.3, 0.4) is 0 Å². The molecule has 1 amide bonds. The summed E-state index contributed by atoms with van der Waals surface area (Å²) < 4.78 is 0. The minimum absolute atomic E-state index is 0.0464. The summed E-state index contributed by atoms with van der Waals surface area (Å²) in [5, 5.41) is 8.88. The Morgan fingerprint density at radius 1 is 1.10 bits per heavy atom. The first kappa shape index (κ1) is 13.4. The lowest BCUT2D eigenvalue weighted by Crippen LogP contribution is -2.35. The molecule has 3 nitrogen and oxygen atoms in total. The Labute approximate surface area is 124 Å². The third-order valence-corrected chi connectivity index (χ3v) is 4.17. The lowest BCUT2D eigenvalue weighted by Gasteiger charge is -2.23. The molecule has 3 heteroatoms. The van der Waals surface area contributed by atoms with Crippen LogP contribution in [0.15, 0.2) is 54.6 Å². The average Bonchev–Trinajstić information content (AvgIpc) is 2.75. The monoisotopic (exact) mass is 276 g/mol. The van der Waals surface area contributed by atoms with Crippen LogP contribution in [0.5, 0.6) is 0 Å². The fourth-order valence-electron chi connectivity index (χ4n) is 2.99. The van der Waals surface area contributed by atoms with Crippen molar-refractivity contribution < 1.29 is 4.79 Å². The first-order valence-corrected chi connectivity index (χ1v) is 7.04. The molecule has 21 heavy (non-hydrogen) atoms. The second kappa shape index (κ2) is 5.06. The molecule has 1 atom stereocenters. The molecule has 3 rings (SSSR count). The zero-order valence-corrected chi connectivity index (χ0v) is 11.9. The Bertz CT molecular complexity index is 717. The highest BCUT2D eigenvalue weighted by Crippen LogP contribution is 2.47. The summed E-state index contributed by atoms with van der Waals surface area (Å²) in [6.45, 7) is 1.94. The van der Waals surface area contributed by atoms with Gasteiger partial charge in [-0.1, -0.05) is 36.4 Å². The number of anilines is 2. The van der Waals surface area contributed by atoms with E-state index in [0.29, 0.717) is 12.8 Å². The summed E-state index contributed by atoms with van der Waals surface area (Å²) in [6.07, 6.45) is 0.919. The van der Waals surface area contributed by atoms with Crippen LogP contribution in [-0.2, 0) is 10.2 Å². The summed E-state index contributed by atoms with van der Waals surface area (Å²) in [5.74, 6) is 0.0464. The number of carbonyl (C=O) groups is 1. The fraction of sp³-hybridized carbons (Fsp3) is 0.222. The quantitative estimate of drug-likeness (QED) is 0.852. The van der Waals surface area contributed by atoms with Gasteiger partial charge in [0.05, 0.1) is 17.2 Å². The summed E-state index contributed by atoms with van der Waals surface area (Å²) >= 11 is 0. The molecule has 0 aromatic heterocycles. The molecule has 1 aliphatic rings. The number of para-hydroxylation sites is 2. The van der Waals surface area contributed by atoms with E-state index < -0.39 is 5.41 Å². The number of rotatable bonds is 3. The molecule has 0 bridgehead atoms. The van der Waals surface area contributed by atoms with Gasteiger partial charge in [-0.2, -0.15) is 5.26 Å². The number of carbonyl (C=O) groups excluding carboxylic acids is 1. The number of hydrogen-bond donors (Lipinski definition) is 0. The van der Waals surface area contributed by atoms with Crippen LogP contribution in [0, 0.1) is 11.3 Å². The first-order chi connectivity index (χ1) is 10.2. The highest BCUT2D eigenvalue weighted by Gasteiger charge is 2.47. The van der Waals surface area contributed by atoms with Crippen molar-refractivity contribution in [3.05, 3.63) is 60.2 Å². The van der Waals surface area contributed by atoms with Gasteiger partial charge in [0.1, 0.15) is 0 Å². The van der Waals surface area contributed by atoms with Crippen LogP contribution < -0.4 is 4.90 Å². The molecule has 0 radical (unpaired) electrons. The van der Waals surface area contributed by atoms with E-state index in [2.05, 4.69) is 6.07 Å². The number of nitrogens with zero attached hydrogens (tertiary/aromatic N) is 2. The van der Waals surface area contributed by atoms with Crippen LogP contribution in [-0.4, -0.2) is 5.91 Å². The molecule has 2 aromatic carbocycles. The molecule has 0 spiro atoms. The van der Waals surface area contributed by atoms with Crippen LogP contribution >= 0.6 is 0 Å². The number of hydrogen-bond acceptors (Lipinski definition) is 2. The lowest BCUT2D eigenvalue weighted by atomic mass is 9.80. The van der Waals surface area contributed by atoms with Crippen molar-refractivity contribution in [2.24, 2.45) is 0 Å². The van der Waals surface area contributed by atoms with Gasteiger partial charge in [0.25, 0.3) is 0 Å². The molecule has 0 unspecified atom stereocenters. The van der Waals surface area contributed by atoms with Crippen LogP contribution in [0.1, 0.15) is 25.3 Å². The van der Waals surface area contributed by atoms with Crippen molar-refractivity contribution in [2.75, 3.05) is 4.90 Å². The average molecular weight is 276 g/mol. The highest BCUT2D eigenvalue weighted by atomic mass is 16.2. The van der Waals surface area contributed by atoms with Crippen molar-refractivity contribution in [1.29, 1.82) is 5.26 Å². The third kappa shape index (κ3) is 2.00. The van der Waals surface area contributed by atoms with Crippen LogP contribution in [0.25, 0.3) is 0 Å². The number of benzene rings is 2. The van der Waals surface area contributed by atoms with Gasteiger partial charge in [-0.15, -0.1) is 0 Å². The molecule has 0 saturated carbocycles. The van der Waals surface area contributed by atoms with Gasteiger partial charge in [-0.05, 0) is 37.1 Å². The maximum Gasteiger partial charge on any atom is 0.242 e. The number of nitriles is 1. The van der Waals surface area contributed by atoms with Gasteiger partial charge in [-0.3, -0.25) is 9.69 Å². The predicted molar refractivity (Wildman–Crippen MR) is 82.2 cm³/mol. The Morgan fingerprint density at radius 2 is 1.76 bits per heavy atom. The molecule has 0 aliphatic carbocycles. The van der Waals surface area contributed by atoms with E-state index in [9.17, 15) is 4.79 Å². The van der Waals surface area contributed by atoms with Crippen molar-refractivity contribution in [3.8, 4) is 6.07 Å². The van der Waals surface area contributed by atoms with Gasteiger partial charge < -0.3 is 0 Å². The Morgan fingerprint density at radius 3 is 2.48 bits per heavy atom. The maximum atomic E-state index is 13.0. The van der Waals surface area contributed by atoms with Gasteiger partial charge in [0.2, 0.25) is 5.91 Å². The second-order valence-corrected chi connectivity index (χ2v) is 5.48. The summed E-state index contributed by atoms with van der Waals surface area (Å²) in [5.41, 5.74) is 2.18. The maximum absolute atomic E-state index is 13.0. The molecule has 0 fully saturated rings. The molecule has 0 N–H and O–H groups in total. The smallest absolute Gasteiger partial charge is 0.242 e. The van der Waals surface area contributed by atoms with E-state index in [-0.39, 0.29) is 5.91 Å². The van der Waals surface area contributed by atoms with Gasteiger partial charge >= 0.3 is 0 Å². The van der Waals surface area contributed by atoms with E-state index in [1.165, 1.54) is 0 Å². The summed E-state index contributed by atoms with van der Waals surface area (Å²) in [6, 6.07) is 19.7. The van der Waals surface area contributed by atoms with Gasteiger partial charge in [0.15, 0.2) is 0 Å². The minimum Gasteiger partial charge on any atom is -0.280 e. The van der Waals surface area contributed by atoms with Crippen molar-refractivity contribution >= 4 is 17.3 Å². The lowest BCUT2D eigenvalue weighted by molar-refractivity contribution is -0.122. The Kier molecular flexibility index (Phi) is 3.23. The van der Waals surface area contributed by atoms with E-state index >= 15 is 0 Å². The molecule has 104 valence electrons. The third-order valence-electron chi connectivity index (χ3n) is 4.17. The minimum atomic E-state index is -0.623. The van der Waals surface area contributed by atoms with Crippen molar-refractivity contribution in [3.63, 3.8) is 0 Å². The molecule has 0 saturated heterocycles. The molecular weight excluding hydrogens is 260 g/mol. The zero-order valence-electron chi connectivity index (χ0n) is 11.9. The molecule has 1 aliphatic heterocycles. The SMILES string of the molecule is C[C@@]1(CCC#N)C(=O)N(c2ccccc2)c2ccccc21. The predicted octanol–water partition coefficient (Wildman–Crippen LogP) is 3.93. The largest absolute Gasteiger partial charge is 0.280 e. The Hall–Kier alpha value is -2.60. The highest BCUT2D eigenvalue weighted by molar-refractivity contribution is 6.12. The van der Waals surface area contributed by atoms with Crippen molar-refractivity contribution in [1.82, 2.24) is 0 Å². The van der Waals surface area contributed by atoms with E-state index in [4.69, 9.17) is 5.26 Å². The fourth-order valence-corrected chi connectivity index (χ4v) is 2.99. The van der Waals surface area contributed by atoms with Crippen LogP contribution in [0.4, 0.5) is 11.4 Å². The zero-order chi connectivity index (χ0) is 14.9. The molecule has 1 heterocycles. The van der Waals surface area contributed by atoms with E-state index in [0.717, 1.165) is 16.9 Å². The Balaban J connectivity index is 2.13. The standard InChI is InChI=1S/C18H16N2O/c1-18(12-7-13-19)15-10-5-6-11-16(15)20(17(18)21)14-8-3-2-4-9-14/h2-6,8-11H,7,12H2,1H3/t18-/m0/s1. The van der Waals surface area contributed by atoms with Gasteiger partial charge in [-0.25, -0.2) is 0 Å². The summed E-state index contributed by atoms with van der Waals surface area (Å²) in [7, 11) is 0. The van der Waals surface area contributed by atoms with Crippen LogP contribution in [0.2, 0.25) is 0 Å². The first-order valence-electron chi connectivity index (χ1n) is 7.04. The van der Waals surface area contributed by atoms with E-state index in [1.807, 2.05) is 61.5 Å². The van der Waals surface area contributed by atoms with Gasteiger partial charge in [0, 0.05) is 12.1 Å². The number of amides is 1. The molecule has 2 aromatic rings. The second-order valence-electron chi connectivity index (χ2n) is 5.48. The van der Waals surface area contributed by atoms with Crippen molar-refractivity contribution in [2.45, 2.75) is 25.2 Å². The van der Waals surface area contributed by atoms with E-state index in [1.54, 1.807) is 4.90 Å². The summed E-state index contributed by atoms with van der Waals surface area (Å²) in [4.78, 5) is 14.8. The number of fused-ring (bicyclic) bond motifs is 1. The topological polar surface area (TPSA) is 44.1 Å². The molecular formula is C18H16N2O. The normalized spacial score (nSPS) is 20.2.